The molecule has 0 spiro atoms. The van der Waals surface area contributed by atoms with Gasteiger partial charge in [-0.05, 0) is 25.5 Å². The van der Waals surface area contributed by atoms with Crippen LogP contribution in [0.3, 0.4) is 0 Å². The van der Waals surface area contributed by atoms with Crippen molar-refractivity contribution in [2.45, 2.75) is 40.3 Å². The topological polar surface area (TPSA) is 34.2 Å². The normalized spacial score (nSPS) is 12.8. The van der Waals surface area contributed by atoms with Gasteiger partial charge in [0, 0.05) is 12.6 Å². The zero-order valence-electron chi connectivity index (χ0n) is 11.0. The van der Waals surface area contributed by atoms with Crippen molar-refractivity contribution in [2.24, 2.45) is 5.92 Å². The third-order valence-electron chi connectivity index (χ3n) is 2.68. The second-order valence-electron chi connectivity index (χ2n) is 4.43. The van der Waals surface area contributed by atoms with Gasteiger partial charge < -0.3 is 10.1 Å². The summed E-state index contributed by atoms with van der Waals surface area (Å²) >= 11 is 6.07. The molecule has 17 heavy (non-hydrogen) atoms. The average molecular weight is 257 g/mol. The van der Waals surface area contributed by atoms with Gasteiger partial charge in [0.1, 0.15) is 0 Å². The van der Waals surface area contributed by atoms with Crippen molar-refractivity contribution >= 4 is 11.6 Å². The van der Waals surface area contributed by atoms with Gasteiger partial charge in [-0.2, -0.15) is 0 Å². The molecular formula is C13H21ClN2O. The molecule has 1 aromatic heterocycles. The number of hydrogen-bond donors (Lipinski definition) is 1. The molecule has 1 rings (SSSR count). The highest BCUT2D eigenvalue weighted by Gasteiger charge is 2.11. The van der Waals surface area contributed by atoms with Crippen LogP contribution in [-0.4, -0.2) is 17.6 Å². The van der Waals surface area contributed by atoms with Gasteiger partial charge >= 0.3 is 0 Å². The summed E-state index contributed by atoms with van der Waals surface area (Å²) in [7, 11) is 0. The van der Waals surface area contributed by atoms with E-state index in [2.05, 4.69) is 31.1 Å². The summed E-state index contributed by atoms with van der Waals surface area (Å²) in [5.41, 5.74) is 0.835. The van der Waals surface area contributed by atoms with E-state index in [9.17, 15) is 0 Å². The van der Waals surface area contributed by atoms with Gasteiger partial charge in [-0.1, -0.05) is 32.4 Å². The molecule has 0 aliphatic rings. The molecule has 1 aromatic rings. The van der Waals surface area contributed by atoms with Gasteiger partial charge in [0.25, 0.3) is 0 Å². The highest BCUT2D eigenvalue weighted by molar-refractivity contribution is 6.31. The third-order valence-corrected chi connectivity index (χ3v) is 3.03. The number of nitrogens with one attached hydrogen (secondary N) is 1. The lowest BCUT2D eigenvalue weighted by Gasteiger charge is -2.18. The Morgan fingerprint density at radius 1 is 1.35 bits per heavy atom. The van der Waals surface area contributed by atoms with Crippen LogP contribution in [0.4, 0.5) is 0 Å². The Bertz CT molecular complexity index is 355. The van der Waals surface area contributed by atoms with E-state index in [-0.39, 0.29) is 6.10 Å². The molecule has 0 aromatic carbocycles. The van der Waals surface area contributed by atoms with E-state index < -0.39 is 0 Å². The molecule has 1 heterocycles. The molecule has 0 saturated heterocycles. The Morgan fingerprint density at radius 3 is 2.65 bits per heavy atom. The smallest absolute Gasteiger partial charge is 0.213 e. The maximum Gasteiger partial charge on any atom is 0.213 e. The first-order valence-electron chi connectivity index (χ1n) is 6.07. The first kappa shape index (κ1) is 14.3. The molecule has 4 heteroatoms. The quantitative estimate of drug-likeness (QED) is 0.848. The van der Waals surface area contributed by atoms with Gasteiger partial charge in [0.15, 0.2) is 0 Å². The summed E-state index contributed by atoms with van der Waals surface area (Å²) in [5, 5.41) is 3.88. The minimum Gasteiger partial charge on any atom is -0.474 e. The molecule has 3 nitrogen and oxygen atoms in total. The Labute approximate surface area is 109 Å². The third kappa shape index (κ3) is 4.52. The minimum atomic E-state index is 0.149. The van der Waals surface area contributed by atoms with Gasteiger partial charge in [-0.3, -0.25) is 0 Å². The van der Waals surface area contributed by atoms with Crippen LogP contribution < -0.4 is 10.1 Å². The summed E-state index contributed by atoms with van der Waals surface area (Å²) in [6.45, 7) is 9.91. The first-order chi connectivity index (χ1) is 8.04. The molecule has 1 unspecified atom stereocenters. The molecular weight excluding hydrogens is 236 g/mol. The van der Waals surface area contributed by atoms with Crippen molar-refractivity contribution in [1.82, 2.24) is 10.3 Å². The number of halogens is 1. The minimum absolute atomic E-state index is 0.149. The largest absolute Gasteiger partial charge is 0.474 e. The van der Waals surface area contributed by atoms with Gasteiger partial charge in [0.2, 0.25) is 5.88 Å². The van der Waals surface area contributed by atoms with Gasteiger partial charge in [-0.15, -0.1) is 0 Å². The molecule has 0 amide bonds. The molecule has 0 radical (unpaired) electrons. The van der Waals surface area contributed by atoms with Crippen LogP contribution >= 0.6 is 11.6 Å². The molecule has 1 N–H and O–H groups in total. The van der Waals surface area contributed by atoms with Crippen molar-refractivity contribution in [3.05, 3.63) is 22.8 Å². The van der Waals surface area contributed by atoms with Gasteiger partial charge in [0.05, 0.1) is 16.8 Å². The van der Waals surface area contributed by atoms with E-state index in [1.54, 1.807) is 0 Å². The van der Waals surface area contributed by atoms with Crippen LogP contribution in [0.2, 0.25) is 5.02 Å². The highest BCUT2D eigenvalue weighted by Crippen LogP contribution is 2.20. The Hall–Kier alpha value is -0.800. The van der Waals surface area contributed by atoms with E-state index in [4.69, 9.17) is 16.3 Å². The van der Waals surface area contributed by atoms with Crippen LogP contribution in [0, 0.1) is 5.92 Å². The SMILES string of the molecule is CCNCc1nc(OC(C)C(C)C)ccc1Cl. The molecule has 96 valence electrons. The molecule has 0 bridgehead atoms. The second kappa shape index (κ2) is 6.82. The lowest BCUT2D eigenvalue weighted by molar-refractivity contribution is 0.163. The number of nitrogens with zero attached hydrogens (tertiary/aromatic N) is 1. The standard InChI is InChI=1S/C13H21ClN2O/c1-5-15-8-12-11(14)6-7-13(16-12)17-10(4)9(2)3/h6-7,9-10,15H,5,8H2,1-4H3. The molecule has 0 aliphatic carbocycles. The van der Waals surface area contributed by atoms with E-state index >= 15 is 0 Å². The second-order valence-corrected chi connectivity index (χ2v) is 4.83. The maximum absolute atomic E-state index is 6.07. The molecule has 1 atom stereocenters. The number of ether oxygens (including phenoxy) is 1. The van der Waals surface area contributed by atoms with Crippen LogP contribution in [0.5, 0.6) is 5.88 Å². The molecule has 0 fully saturated rings. The van der Waals surface area contributed by atoms with E-state index in [1.165, 1.54) is 0 Å². The number of aromatic nitrogens is 1. The summed E-state index contributed by atoms with van der Waals surface area (Å²) in [6.07, 6.45) is 0.149. The predicted octanol–water partition coefficient (Wildman–Crippen LogP) is 3.27. The summed E-state index contributed by atoms with van der Waals surface area (Å²) in [4.78, 5) is 4.42. The van der Waals surface area contributed by atoms with E-state index in [0.717, 1.165) is 12.2 Å². The van der Waals surface area contributed by atoms with Crippen LogP contribution in [0.25, 0.3) is 0 Å². The van der Waals surface area contributed by atoms with Crippen molar-refractivity contribution in [3.8, 4) is 5.88 Å². The van der Waals surface area contributed by atoms with Gasteiger partial charge in [-0.25, -0.2) is 4.98 Å². The number of hydrogen-bond acceptors (Lipinski definition) is 3. The molecule has 0 saturated carbocycles. The van der Waals surface area contributed by atoms with Crippen molar-refractivity contribution < 1.29 is 4.74 Å². The van der Waals surface area contributed by atoms with Crippen molar-refractivity contribution in [3.63, 3.8) is 0 Å². The number of rotatable bonds is 6. The average Bonchev–Trinajstić information content (AvgIpc) is 2.29. The van der Waals surface area contributed by atoms with E-state index in [0.29, 0.717) is 23.4 Å². The number of pyridine rings is 1. The van der Waals surface area contributed by atoms with Crippen LogP contribution in [-0.2, 0) is 6.54 Å². The summed E-state index contributed by atoms with van der Waals surface area (Å²) < 4.78 is 5.75. The maximum atomic E-state index is 6.07. The monoisotopic (exact) mass is 256 g/mol. The molecule has 0 aliphatic heterocycles. The lowest BCUT2D eigenvalue weighted by Crippen LogP contribution is -2.20. The fraction of sp³-hybridized carbons (Fsp3) is 0.615. The summed E-state index contributed by atoms with van der Waals surface area (Å²) in [5.74, 6) is 1.10. The first-order valence-corrected chi connectivity index (χ1v) is 6.45. The van der Waals surface area contributed by atoms with Crippen molar-refractivity contribution in [2.75, 3.05) is 6.54 Å². The highest BCUT2D eigenvalue weighted by atomic mass is 35.5. The summed E-state index contributed by atoms with van der Waals surface area (Å²) in [6, 6.07) is 3.65. The van der Waals surface area contributed by atoms with Crippen LogP contribution in [0.1, 0.15) is 33.4 Å². The Morgan fingerprint density at radius 2 is 2.06 bits per heavy atom. The predicted molar refractivity (Wildman–Crippen MR) is 71.6 cm³/mol. The zero-order valence-corrected chi connectivity index (χ0v) is 11.7. The van der Waals surface area contributed by atoms with Crippen molar-refractivity contribution in [1.29, 1.82) is 0 Å². The van der Waals surface area contributed by atoms with E-state index in [1.807, 2.05) is 19.1 Å². The Balaban J connectivity index is 2.74. The Kier molecular flexibility index (Phi) is 5.72. The van der Waals surface area contributed by atoms with Crippen LogP contribution in [0.15, 0.2) is 12.1 Å². The fourth-order valence-electron chi connectivity index (χ4n) is 1.22. The zero-order chi connectivity index (χ0) is 12.8. The lowest BCUT2D eigenvalue weighted by atomic mass is 10.1. The fourth-order valence-corrected chi connectivity index (χ4v) is 1.40.